The Kier molecular flexibility index (Phi) is 6.20. The molecule has 0 bridgehead atoms. The Hall–Kier alpha value is -2.34. The van der Waals surface area contributed by atoms with Crippen LogP contribution in [-0.4, -0.2) is 49.0 Å². The molecule has 25 heavy (non-hydrogen) atoms. The van der Waals surface area contributed by atoms with Gasteiger partial charge in [-0.25, -0.2) is 4.79 Å². The van der Waals surface area contributed by atoms with Crippen LogP contribution in [0, 0.1) is 12.8 Å². The Bertz CT molecular complexity index is 762. The van der Waals surface area contributed by atoms with Crippen LogP contribution in [0.1, 0.15) is 25.0 Å². The van der Waals surface area contributed by atoms with Crippen LogP contribution >= 0.6 is 0 Å². The number of carbonyl (C=O) groups excluding carboxylic acids is 2. The predicted molar refractivity (Wildman–Crippen MR) is 96.6 cm³/mol. The molecule has 1 aromatic carbocycles. The molecule has 0 saturated carbocycles. The van der Waals surface area contributed by atoms with Crippen LogP contribution < -0.4 is 0 Å². The molecule has 0 aliphatic carbocycles. The summed E-state index contributed by atoms with van der Waals surface area (Å²) in [6.45, 7) is 5.98. The third-order valence-corrected chi connectivity index (χ3v) is 3.92. The Morgan fingerprint density at radius 1 is 1.20 bits per heavy atom. The number of rotatable bonds is 6. The normalized spacial score (nSPS) is 11.3. The fourth-order valence-corrected chi connectivity index (χ4v) is 2.48. The molecule has 0 radical (unpaired) electrons. The molecule has 0 spiro atoms. The molecule has 0 atom stereocenters. The van der Waals surface area contributed by atoms with E-state index in [-0.39, 0.29) is 12.7 Å². The maximum atomic E-state index is 12.4. The first-order valence-corrected chi connectivity index (χ1v) is 8.38. The van der Waals surface area contributed by atoms with E-state index in [0.717, 1.165) is 35.0 Å². The van der Waals surface area contributed by atoms with Gasteiger partial charge in [0.2, 0.25) is 6.79 Å². The van der Waals surface area contributed by atoms with Crippen molar-refractivity contribution in [3.05, 3.63) is 35.5 Å². The van der Waals surface area contributed by atoms with E-state index in [0.29, 0.717) is 0 Å². The lowest BCUT2D eigenvalue weighted by Gasteiger charge is -2.09. The predicted octanol–water partition coefficient (Wildman–Crippen LogP) is 3.20. The highest BCUT2D eigenvalue weighted by atomic mass is 16.7. The molecule has 2 rings (SSSR count). The molecule has 0 saturated heterocycles. The number of benzene rings is 1. The van der Waals surface area contributed by atoms with Crippen LogP contribution in [0.5, 0.6) is 0 Å². The molecular weight excluding hydrogens is 320 g/mol. The smallest absolute Gasteiger partial charge is 0.421 e. The molecule has 0 unspecified atom stereocenters. The molecule has 1 heterocycles. The molecule has 1 aromatic heterocycles. The van der Waals surface area contributed by atoms with Crippen LogP contribution in [-0.2, 0) is 20.7 Å². The van der Waals surface area contributed by atoms with Crippen molar-refractivity contribution in [2.75, 3.05) is 27.4 Å². The van der Waals surface area contributed by atoms with Gasteiger partial charge in [-0.05, 0) is 45.1 Å². The van der Waals surface area contributed by atoms with Crippen LogP contribution in [0.2, 0.25) is 0 Å². The Labute approximate surface area is 148 Å². The first kappa shape index (κ1) is 19.0. The summed E-state index contributed by atoms with van der Waals surface area (Å²) in [4.78, 5) is 25.9. The zero-order valence-corrected chi connectivity index (χ0v) is 15.5. The molecule has 0 amide bonds. The second kappa shape index (κ2) is 8.16. The summed E-state index contributed by atoms with van der Waals surface area (Å²) in [5.74, 6) is -0.654. The lowest BCUT2D eigenvalue weighted by molar-refractivity contribution is -0.155. The minimum Gasteiger partial charge on any atom is -0.428 e. The highest BCUT2D eigenvalue weighted by Crippen LogP contribution is 2.24. The molecule has 2 aromatic rings. The van der Waals surface area contributed by atoms with Gasteiger partial charge >= 0.3 is 12.1 Å². The summed E-state index contributed by atoms with van der Waals surface area (Å²) in [7, 11) is 4.03. The van der Waals surface area contributed by atoms with Crippen molar-refractivity contribution in [2.24, 2.45) is 5.92 Å². The largest absolute Gasteiger partial charge is 0.428 e. The summed E-state index contributed by atoms with van der Waals surface area (Å²) < 4.78 is 11.5. The third kappa shape index (κ3) is 4.82. The first-order valence-electron chi connectivity index (χ1n) is 8.38. The number of ether oxygens (including phenoxy) is 2. The van der Waals surface area contributed by atoms with Gasteiger partial charge in [0.1, 0.15) is 0 Å². The number of hydrogen-bond donors (Lipinski definition) is 0. The number of carbonyl (C=O) groups is 2. The topological polar surface area (TPSA) is 60.8 Å². The highest BCUT2D eigenvalue weighted by Gasteiger charge is 2.16. The van der Waals surface area contributed by atoms with Gasteiger partial charge in [-0.15, -0.1) is 0 Å². The van der Waals surface area contributed by atoms with E-state index in [2.05, 4.69) is 11.0 Å². The third-order valence-electron chi connectivity index (χ3n) is 3.92. The van der Waals surface area contributed by atoms with Gasteiger partial charge < -0.3 is 14.4 Å². The number of aryl methyl sites for hydroxylation is 1. The number of hydrogen-bond acceptors (Lipinski definition) is 5. The van der Waals surface area contributed by atoms with Gasteiger partial charge in [-0.2, -0.15) is 0 Å². The Morgan fingerprint density at radius 3 is 2.56 bits per heavy atom. The highest BCUT2D eigenvalue weighted by molar-refractivity contribution is 5.92. The summed E-state index contributed by atoms with van der Waals surface area (Å²) >= 11 is 0. The summed E-state index contributed by atoms with van der Waals surface area (Å²) in [5, 5.41) is 1.04. The number of likely N-dealkylation sites (N-methyl/N-ethyl adjacent to an activating group) is 1. The van der Waals surface area contributed by atoms with Crippen molar-refractivity contribution in [1.29, 1.82) is 0 Å². The molecule has 6 heteroatoms. The van der Waals surface area contributed by atoms with Crippen molar-refractivity contribution in [3.63, 3.8) is 0 Å². The zero-order valence-electron chi connectivity index (χ0n) is 15.5. The van der Waals surface area contributed by atoms with Crippen molar-refractivity contribution in [2.45, 2.75) is 27.2 Å². The summed E-state index contributed by atoms with van der Waals surface area (Å²) in [6.07, 6.45) is 2.08. The maximum absolute atomic E-state index is 12.4. The fraction of sp³-hybridized carbons (Fsp3) is 0.474. The van der Waals surface area contributed by atoms with Crippen molar-refractivity contribution in [1.82, 2.24) is 9.47 Å². The zero-order chi connectivity index (χ0) is 18.6. The van der Waals surface area contributed by atoms with Crippen LogP contribution in [0.3, 0.4) is 0 Å². The molecule has 136 valence electrons. The van der Waals surface area contributed by atoms with E-state index >= 15 is 0 Å². The monoisotopic (exact) mass is 346 g/mol. The van der Waals surface area contributed by atoms with E-state index in [1.54, 1.807) is 20.0 Å². The van der Waals surface area contributed by atoms with Gasteiger partial charge in [0.15, 0.2) is 0 Å². The average Bonchev–Trinajstić information content (AvgIpc) is 2.90. The van der Waals surface area contributed by atoms with E-state index in [4.69, 9.17) is 9.47 Å². The molecule has 6 nitrogen and oxygen atoms in total. The number of aromatic nitrogens is 1. The van der Waals surface area contributed by atoms with Crippen molar-refractivity contribution < 1.29 is 19.1 Å². The fourth-order valence-electron chi connectivity index (χ4n) is 2.48. The molecule has 0 aliphatic heterocycles. The standard InChI is InChI=1S/C19H26N2O4/c1-13(2)18(22)24-12-25-19(23)21-11-15(8-9-20(4)5)16-10-14(3)6-7-17(16)21/h6-7,10-11,13H,8-9,12H2,1-5H3. The van der Waals surface area contributed by atoms with Gasteiger partial charge in [-0.3, -0.25) is 9.36 Å². The van der Waals surface area contributed by atoms with Gasteiger partial charge in [0.05, 0.1) is 11.4 Å². The van der Waals surface area contributed by atoms with E-state index in [1.165, 1.54) is 4.57 Å². The number of esters is 1. The van der Waals surface area contributed by atoms with Crippen molar-refractivity contribution in [3.8, 4) is 0 Å². The second-order valence-electron chi connectivity index (χ2n) is 6.74. The van der Waals surface area contributed by atoms with Crippen LogP contribution in [0.25, 0.3) is 10.9 Å². The van der Waals surface area contributed by atoms with Crippen LogP contribution in [0.4, 0.5) is 4.79 Å². The lowest BCUT2D eigenvalue weighted by Crippen LogP contribution is -2.19. The molecular formula is C19H26N2O4. The Morgan fingerprint density at radius 2 is 1.92 bits per heavy atom. The average molecular weight is 346 g/mol. The maximum Gasteiger partial charge on any atom is 0.421 e. The van der Waals surface area contributed by atoms with Gasteiger partial charge in [0.25, 0.3) is 0 Å². The summed E-state index contributed by atoms with van der Waals surface area (Å²) in [6, 6.07) is 5.94. The molecule has 0 N–H and O–H groups in total. The minimum absolute atomic E-state index is 0.258. The van der Waals surface area contributed by atoms with E-state index in [1.807, 2.05) is 33.2 Å². The first-order chi connectivity index (χ1) is 11.8. The van der Waals surface area contributed by atoms with Gasteiger partial charge in [0, 0.05) is 18.1 Å². The van der Waals surface area contributed by atoms with Crippen LogP contribution in [0.15, 0.2) is 24.4 Å². The second-order valence-corrected chi connectivity index (χ2v) is 6.74. The molecule has 0 fully saturated rings. The Balaban J connectivity index is 2.19. The van der Waals surface area contributed by atoms with E-state index in [9.17, 15) is 9.59 Å². The lowest BCUT2D eigenvalue weighted by atomic mass is 10.1. The SMILES string of the molecule is Cc1ccc2c(c1)c(CCN(C)C)cn2C(=O)OCOC(=O)C(C)C. The summed E-state index contributed by atoms with van der Waals surface area (Å²) in [5.41, 5.74) is 3.01. The van der Waals surface area contributed by atoms with Crippen molar-refractivity contribution >= 4 is 23.0 Å². The minimum atomic E-state index is -0.554. The number of fused-ring (bicyclic) bond motifs is 1. The van der Waals surface area contributed by atoms with Gasteiger partial charge in [-0.1, -0.05) is 25.5 Å². The number of nitrogens with zero attached hydrogens (tertiary/aromatic N) is 2. The quantitative estimate of drug-likeness (QED) is 0.594. The molecule has 0 aliphatic rings. The van der Waals surface area contributed by atoms with E-state index < -0.39 is 12.1 Å².